The lowest BCUT2D eigenvalue weighted by atomic mass is 11.3. The van der Waals surface area contributed by atoms with Gasteiger partial charge in [-0.1, -0.05) is 0 Å². The number of hydrogen-bond acceptors (Lipinski definition) is 2. The molecule has 1 amide bonds. The van der Waals surface area contributed by atoms with Gasteiger partial charge in [0.25, 0.3) is 0 Å². The summed E-state index contributed by atoms with van der Waals surface area (Å²) in [5.74, 6) is 0. The molecule has 0 aliphatic rings. The van der Waals surface area contributed by atoms with Gasteiger partial charge < -0.3 is 5.11 Å². The zero-order chi connectivity index (χ0) is 5.70. The fraction of sp³-hybridized carbons (Fsp3) is 0. The van der Waals surface area contributed by atoms with Crippen LogP contribution in [0.4, 0.5) is 4.79 Å². The highest BCUT2D eigenvalue weighted by Gasteiger charge is 1.85. The first-order chi connectivity index (χ1) is 3.27. The molecule has 0 rings (SSSR count). The van der Waals surface area contributed by atoms with E-state index in [4.69, 9.17) is 5.11 Å². The van der Waals surface area contributed by atoms with Gasteiger partial charge in [-0.05, 0) is 0 Å². The van der Waals surface area contributed by atoms with Crippen molar-refractivity contribution < 1.29 is 14.1 Å². The molecule has 0 atom stereocenters. The Kier molecular flexibility index (Phi) is 3.25. The molecule has 0 aliphatic heterocycles. The third kappa shape index (κ3) is 5.38. The third-order valence-electron chi connectivity index (χ3n) is 0.208. The van der Waals surface area contributed by atoms with E-state index >= 15 is 0 Å². The van der Waals surface area contributed by atoms with Gasteiger partial charge in [0.05, 0.1) is 11.9 Å². The molecule has 0 aromatic carbocycles. The molecule has 42 valence electrons. The Labute approximate surface area is 43.3 Å². The normalized spacial score (nSPS) is 8.00. The van der Waals surface area contributed by atoms with Crippen LogP contribution >= 0.6 is 0 Å². The van der Waals surface area contributed by atoms with Crippen LogP contribution in [0.25, 0.3) is 0 Å². The van der Waals surface area contributed by atoms with Crippen molar-refractivity contribution in [3.8, 4) is 0 Å². The van der Waals surface area contributed by atoms with Gasteiger partial charge in [-0.25, -0.2) is 14.4 Å². The molecule has 0 aromatic rings. The van der Waals surface area contributed by atoms with Crippen LogP contribution in [0, 0.1) is 0 Å². The van der Waals surface area contributed by atoms with E-state index in [1.165, 1.54) is 0 Å². The number of hydrazine groups is 1. The highest BCUT2D eigenvalue weighted by atomic mass is 32.2. The lowest BCUT2D eigenvalue weighted by Crippen LogP contribution is -2.32. The molecule has 5 nitrogen and oxygen atoms in total. The molecule has 0 radical (unpaired) electrons. The lowest BCUT2D eigenvalue weighted by Gasteiger charge is -1.89. The van der Waals surface area contributed by atoms with Gasteiger partial charge in [0.15, 0.2) is 0 Å². The second-order valence-corrected chi connectivity index (χ2v) is 1.04. The van der Waals surface area contributed by atoms with Crippen molar-refractivity contribution in [1.82, 2.24) is 10.3 Å². The average molecular weight is 124 g/mol. The molecule has 0 aliphatic carbocycles. The first kappa shape index (κ1) is 6.38. The first-order valence-electron chi connectivity index (χ1n) is 1.33. The number of nitrogens with one attached hydrogen (secondary N) is 2. The van der Waals surface area contributed by atoms with Crippen LogP contribution in [-0.2, 0) is 11.9 Å². The lowest BCUT2D eigenvalue weighted by molar-refractivity contribution is 0.193. The predicted octanol–water partition coefficient (Wildman–Crippen LogP) is -1.38. The minimum absolute atomic E-state index is 0.452. The minimum atomic E-state index is -1.26. The van der Waals surface area contributed by atoms with Crippen molar-refractivity contribution in [3.05, 3.63) is 0 Å². The van der Waals surface area contributed by atoms with E-state index < -0.39 is 17.9 Å². The molecule has 0 saturated heterocycles. The number of carboxylic acid groups (broad SMARTS) is 1. The maximum atomic E-state index is 9.44. The van der Waals surface area contributed by atoms with Crippen LogP contribution < -0.4 is 10.3 Å². The van der Waals surface area contributed by atoms with E-state index in [1.54, 1.807) is 5.43 Å². The summed E-state index contributed by atoms with van der Waals surface area (Å²) in [4.78, 5) is 11.3. The highest BCUT2D eigenvalue weighted by molar-refractivity contribution is 7.63. The van der Waals surface area contributed by atoms with E-state index in [-0.39, 0.29) is 0 Å². The average Bonchev–Trinajstić information content (AvgIpc) is 1.61. The molecule has 0 aromatic heterocycles. The summed E-state index contributed by atoms with van der Waals surface area (Å²) in [6.45, 7) is 0. The zero-order valence-corrected chi connectivity index (χ0v) is 4.11. The monoisotopic (exact) mass is 124 g/mol. The van der Waals surface area contributed by atoms with Crippen LogP contribution in [0.15, 0.2) is 0 Å². The number of rotatable bonds is 2. The smallest absolute Gasteiger partial charge is 0.419 e. The second-order valence-electron chi connectivity index (χ2n) is 0.633. The molecule has 6 heteroatoms. The number of carbonyl (C=O) groups is 1. The maximum Gasteiger partial charge on any atom is 0.419 e. The van der Waals surface area contributed by atoms with Gasteiger partial charge in [-0.2, -0.15) is 4.83 Å². The Hall–Kier alpha value is -0.620. The fourth-order valence-electron chi connectivity index (χ4n) is 0.0706. The van der Waals surface area contributed by atoms with Crippen LogP contribution in [0.2, 0.25) is 0 Å². The molecule has 0 unspecified atom stereocenters. The van der Waals surface area contributed by atoms with Crippen LogP contribution in [0.5, 0.6) is 0 Å². The Balaban J connectivity index is 2.97. The third-order valence-corrected chi connectivity index (χ3v) is 0.412. The van der Waals surface area contributed by atoms with E-state index in [1.807, 2.05) is 4.83 Å². The molecule has 0 saturated carbocycles. The van der Waals surface area contributed by atoms with Crippen molar-refractivity contribution in [1.29, 1.82) is 0 Å². The van der Waals surface area contributed by atoms with Gasteiger partial charge in [0, 0.05) is 0 Å². The molecule has 0 spiro atoms. The van der Waals surface area contributed by atoms with Crippen molar-refractivity contribution in [2.24, 2.45) is 0 Å². The molecule has 0 fully saturated rings. The zero-order valence-electron chi connectivity index (χ0n) is 3.21. The van der Waals surface area contributed by atoms with Gasteiger partial charge in [0.2, 0.25) is 0 Å². The number of hydrogen-bond donors (Lipinski definition) is 4. The van der Waals surface area contributed by atoms with E-state index in [0.29, 0.717) is 0 Å². The van der Waals surface area contributed by atoms with Gasteiger partial charge in [-0.15, -0.1) is 0 Å². The summed E-state index contributed by atoms with van der Waals surface area (Å²) in [7, 11) is 0. The largest absolute Gasteiger partial charge is 0.464 e. The van der Waals surface area contributed by atoms with Crippen LogP contribution in [0.1, 0.15) is 0 Å². The Morgan fingerprint density at radius 3 is 2.43 bits per heavy atom. The van der Waals surface area contributed by atoms with Gasteiger partial charge >= 0.3 is 6.09 Å². The molecular weight excluding hydrogens is 120 g/mol. The van der Waals surface area contributed by atoms with Crippen molar-refractivity contribution in [2.45, 2.75) is 0 Å². The van der Waals surface area contributed by atoms with Gasteiger partial charge in [0.1, 0.15) is 0 Å². The summed E-state index contributed by atoms with van der Waals surface area (Å²) in [5.41, 5.74) is 1.64. The van der Waals surface area contributed by atoms with Gasteiger partial charge in [-0.3, -0.25) is 0 Å². The van der Waals surface area contributed by atoms with Crippen molar-refractivity contribution in [3.63, 3.8) is 0 Å². The number of amides is 1. The molecule has 3 N–H and O–H groups in total. The minimum Gasteiger partial charge on any atom is -0.464 e. The summed E-state index contributed by atoms with van der Waals surface area (Å²) < 4.78 is 9.37. The Morgan fingerprint density at radius 2 is 2.29 bits per heavy atom. The summed E-state index contributed by atoms with van der Waals surface area (Å²) in [6, 6.07) is 0. The SMILES string of the molecule is O=[SH]NNC(=O)O. The summed E-state index contributed by atoms with van der Waals surface area (Å²) >= 11 is -0.452. The Bertz CT molecular complexity index is 83.0. The Morgan fingerprint density at radius 1 is 1.71 bits per heavy atom. The maximum absolute atomic E-state index is 9.44. The predicted molar refractivity (Wildman–Crippen MR) is 23.8 cm³/mol. The quantitative estimate of drug-likeness (QED) is 0.270. The topological polar surface area (TPSA) is 78.4 Å². The van der Waals surface area contributed by atoms with Crippen molar-refractivity contribution >= 4 is 17.9 Å². The molecule has 0 heterocycles. The van der Waals surface area contributed by atoms with E-state index in [0.717, 1.165) is 0 Å². The standard InChI is InChI=1S/CH4N2O3S/c4-1(5)2-3-7-6/h2,7H,(H,3,6)(H,4,5). The van der Waals surface area contributed by atoms with E-state index in [9.17, 15) is 9.00 Å². The van der Waals surface area contributed by atoms with Crippen molar-refractivity contribution in [2.75, 3.05) is 0 Å². The molecule has 7 heavy (non-hydrogen) atoms. The van der Waals surface area contributed by atoms with Crippen LogP contribution in [0.3, 0.4) is 0 Å². The fourth-order valence-corrected chi connectivity index (χ4v) is 0.212. The first-order valence-corrected chi connectivity index (χ1v) is 2.15. The number of thiol groups is 1. The summed E-state index contributed by atoms with van der Waals surface area (Å²) in [6.07, 6.45) is -1.26. The van der Waals surface area contributed by atoms with Crippen LogP contribution in [-0.4, -0.2) is 15.4 Å². The van der Waals surface area contributed by atoms with E-state index in [2.05, 4.69) is 0 Å². The molecule has 0 bridgehead atoms. The second kappa shape index (κ2) is 3.57. The highest BCUT2D eigenvalue weighted by Crippen LogP contribution is 1.48. The molecular formula is CH4N2O3S. The summed E-state index contributed by atoms with van der Waals surface area (Å²) in [5, 5.41) is 7.73.